The molecule has 1 heterocycles. The third-order valence-corrected chi connectivity index (χ3v) is 3.70. The van der Waals surface area contributed by atoms with Gasteiger partial charge >= 0.3 is 7.12 Å². The van der Waals surface area contributed by atoms with Crippen LogP contribution < -0.4 is 5.32 Å². The van der Waals surface area contributed by atoms with Crippen LogP contribution in [0, 0.1) is 0 Å². The average Bonchev–Trinajstić information content (AvgIpc) is 2.49. The number of amides is 1. The van der Waals surface area contributed by atoms with Crippen LogP contribution in [0.5, 0.6) is 0 Å². The molecule has 0 bridgehead atoms. The van der Waals surface area contributed by atoms with Gasteiger partial charge in [0, 0.05) is 6.42 Å². The van der Waals surface area contributed by atoms with Crippen molar-refractivity contribution < 1.29 is 19.3 Å². The number of Topliss-reactive ketones (excluding diaryl/α,β-unsaturated/α-hetero) is 1. The van der Waals surface area contributed by atoms with Gasteiger partial charge in [-0.3, -0.25) is 9.59 Å². The van der Waals surface area contributed by atoms with Crippen molar-refractivity contribution in [3.05, 3.63) is 48.0 Å². The van der Waals surface area contributed by atoms with Gasteiger partial charge in [0.15, 0.2) is 0 Å². The molecular weight excluding hydrogens is 293 g/mol. The summed E-state index contributed by atoms with van der Waals surface area (Å²) < 4.78 is 5.53. The lowest BCUT2D eigenvalue weighted by molar-refractivity contribution is -0.121. The van der Waals surface area contributed by atoms with Crippen molar-refractivity contribution in [1.82, 2.24) is 5.32 Å². The van der Waals surface area contributed by atoms with Crippen molar-refractivity contribution in [3.8, 4) is 0 Å². The molecule has 122 valence electrons. The second-order valence-corrected chi connectivity index (χ2v) is 5.83. The van der Waals surface area contributed by atoms with Crippen molar-refractivity contribution in [2.75, 3.05) is 0 Å². The minimum atomic E-state index is -1.12. The third-order valence-electron chi connectivity index (χ3n) is 3.70. The Morgan fingerprint density at radius 3 is 2.65 bits per heavy atom. The van der Waals surface area contributed by atoms with E-state index in [4.69, 9.17) is 4.65 Å². The van der Waals surface area contributed by atoms with Crippen LogP contribution in [0.4, 0.5) is 0 Å². The van der Waals surface area contributed by atoms with Crippen molar-refractivity contribution in [2.45, 2.75) is 44.7 Å². The minimum absolute atomic E-state index is 0.0147. The second-order valence-electron chi connectivity index (χ2n) is 5.83. The zero-order valence-corrected chi connectivity index (χ0v) is 13.3. The predicted molar refractivity (Wildman–Crippen MR) is 88.6 cm³/mol. The molecule has 2 rings (SSSR count). The second kappa shape index (κ2) is 8.65. The van der Waals surface area contributed by atoms with E-state index in [0.717, 1.165) is 5.56 Å². The Labute approximate surface area is 136 Å². The summed E-state index contributed by atoms with van der Waals surface area (Å²) in [5.74, 6) is -0.668. The van der Waals surface area contributed by atoms with E-state index in [1.54, 1.807) is 0 Å². The van der Waals surface area contributed by atoms with Gasteiger partial charge in [0.2, 0.25) is 5.91 Å². The summed E-state index contributed by atoms with van der Waals surface area (Å²) in [6.07, 6.45) is 5.07. The largest absolute Gasteiger partial charge is 0.478 e. The van der Waals surface area contributed by atoms with Crippen LogP contribution in [0.15, 0.2) is 42.5 Å². The quantitative estimate of drug-likeness (QED) is 0.637. The molecule has 1 aliphatic heterocycles. The lowest BCUT2D eigenvalue weighted by atomic mass is 9.75. The Morgan fingerprint density at radius 1 is 1.26 bits per heavy atom. The summed E-state index contributed by atoms with van der Waals surface area (Å²) >= 11 is 0. The number of nitrogens with one attached hydrogen (secondary N) is 1. The maximum atomic E-state index is 12.1. The molecule has 2 atom stereocenters. The van der Waals surface area contributed by atoms with Crippen molar-refractivity contribution in [1.29, 1.82) is 0 Å². The minimum Gasteiger partial charge on any atom is -0.426 e. The first-order valence-corrected chi connectivity index (χ1v) is 7.86. The molecule has 5 nitrogen and oxygen atoms in total. The van der Waals surface area contributed by atoms with Gasteiger partial charge in [-0.1, -0.05) is 42.5 Å². The molecule has 2 N–H and O–H groups in total. The van der Waals surface area contributed by atoms with E-state index < -0.39 is 13.1 Å². The predicted octanol–water partition coefficient (Wildman–Crippen LogP) is 1.45. The Morgan fingerprint density at radius 2 is 1.96 bits per heavy atom. The highest BCUT2D eigenvalue weighted by atomic mass is 16.5. The molecular formula is C17H22BNO4. The Hall–Kier alpha value is -1.92. The molecule has 1 aliphatic rings. The maximum absolute atomic E-state index is 12.1. The van der Waals surface area contributed by atoms with Gasteiger partial charge in [0.25, 0.3) is 0 Å². The van der Waals surface area contributed by atoms with Crippen molar-refractivity contribution in [2.24, 2.45) is 0 Å². The summed E-state index contributed by atoms with van der Waals surface area (Å²) in [7, 11) is -1.12. The lowest BCUT2D eigenvalue weighted by Crippen LogP contribution is -2.50. The normalized spacial score (nSPS) is 22.8. The van der Waals surface area contributed by atoms with Gasteiger partial charge in [-0.2, -0.15) is 0 Å². The van der Waals surface area contributed by atoms with E-state index in [1.807, 2.05) is 42.5 Å². The molecule has 1 amide bonds. The molecule has 0 radical (unpaired) electrons. The first-order chi connectivity index (χ1) is 11.0. The average molecular weight is 315 g/mol. The molecule has 6 heteroatoms. The number of hydrogen-bond acceptors (Lipinski definition) is 4. The molecule has 0 unspecified atom stereocenters. The molecule has 0 saturated heterocycles. The maximum Gasteiger partial charge on any atom is 0.478 e. The SMILES string of the molecule is CC(=O)C[C@H]1C/C=C\C[C@H](NC(=O)Cc2ccccc2)B(O)O1. The van der Waals surface area contributed by atoms with Crippen LogP contribution in [-0.2, 0) is 20.7 Å². The molecule has 1 aromatic carbocycles. The summed E-state index contributed by atoms with van der Waals surface area (Å²) in [5, 5.41) is 13.0. The Kier molecular flexibility index (Phi) is 6.56. The number of carbonyl (C=O) groups is 2. The Bertz CT molecular complexity index is 561. The first-order valence-electron chi connectivity index (χ1n) is 7.86. The topological polar surface area (TPSA) is 75.6 Å². The molecule has 0 spiro atoms. The fourth-order valence-electron chi connectivity index (χ4n) is 2.58. The van der Waals surface area contributed by atoms with Crippen LogP contribution in [0.3, 0.4) is 0 Å². The van der Waals surface area contributed by atoms with Gasteiger partial charge in [-0.15, -0.1) is 0 Å². The van der Waals surface area contributed by atoms with E-state index in [1.165, 1.54) is 6.92 Å². The molecule has 0 saturated carbocycles. The van der Waals surface area contributed by atoms with Gasteiger partial charge in [-0.05, 0) is 25.3 Å². The van der Waals surface area contributed by atoms with E-state index >= 15 is 0 Å². The monoisotopic (exact) mass is 315 g/mol. The van der Waals surface area contributed by atoms with Crippen molar-refractivity contribution >= 4 is 18.8 Å². The Balaban J connectivity index is 1.92. The molecule has 0 fully saturated rings. The van der Waals surface area contributed by atoms with Gasteiger partial charge in [-0.25, -0.2) is 0 Å². The molecule has 1 aromatic rings. The van der Waals surface area contributed by atoms with Gasteiger partial charge in [0.1, 0.15) is 5.78 Å². The number of rotatable bonds is 5. The molecule has 0 aromatic heterocycles. The smallest absolute Gasteiger partial charge is 0.426 e. The van der Waals surface area contributed by atoms with Crippen LogP contribution >= 0.6 is 0 Å². The van der Waals surface area contributed by atoms with Crippen LogP contribution in [-0.4, -0.2) is 35.9 Å². The van der Waals surface area contributed by atoms with E-state index in [-0.39, 0.29) is 30.6 Å². The number of carbonyl (C=O) groups excluding carboxylic acids is 2. The standard InChI is InChI=1S/C17H22BNO4/c1-13(20)11-15-9-5-6-10-16(18(22)23-15)19-17(21)12-14-7-3-2-4-8-14/h2-8,15-16,22H,9-12H2,1H3,(H,19,21)/b6-5-/t15-,16+/m1/s1. The zero-order chi connectivity index (χ0) is 16.7. The fourth-order valence-corrected chi connectivity index (χ4v) is 2.58. The van der Waals surface area contributed by atoms with E-state index in [9.17, 15) is 14.6 Å². The number of ketones is 1. The van der Waals surface area contributed by atoms with Crippen LogP contribution in [0.2, 0.25) is 0 Å². The fraction of sp³-hybridized carbons (Fsp3) is 0.412. The summed E-state index contributed by atoms with van der Waals surface area (Å²) in [6, 6.07) is 9.42. The summed E-state index contributed by atoms with van der Waals surface area (Å²) in [4.78, 5) is 23.4. The highest BCUT2D eigenvalue weighted by molar-refractivity contribution is 6.45. The molecule has 0 aliphatic carbocycles. The highest BCUT2D eigenvalue weighted by Crippen LogP contribution is 2.14. The third kappa shape index (κ3) is 6.00. The number of benzene rings is 1. The zero-order valence-electron chi connectivity index (χ0n) is 13.3. The summed E-state index contributed by atoms with van der Waals surface area (Å²) in [6.45, 7) is 1.50. The highest BCUT2D eigenvalue weighted by Gasteiger charge is 2.31. The van der Waals surface area contributed by atoms with E-state index in [2.05, 4.69) is 5.32 Å². The lowest BCUT2D eigenvalue weighted by Gasteiger charge is -2.26. The van der Waals surface area contributed by atoms with Crippen molar-refractivity contribution in [3.63, 3.8) is 0 Å². The van der Waals surface area contributed by atoms with E-state index in [0.29, 0.717) is 12.8 Å². The molecule has 23 heavy (non-hydrogen) atoms. The first kappa shape index (κ1) is 17.4. The van der Waals surface area contributed by atoms with Crippen LogP contribution in [0.25, 0.3) is 0 Å². The number of hydrogen-bond donors (Lipinski definition) is 2. The van der Waals surface area contributed by atoms with Gasteiger partial charge in [0.05, 0.1) is 18.5 Å². The summed E-state index contributed by atoms with van der Waals surface area (Å²) in [5.41, 5.74) is 0.913. The van der Waals surface area contributed by atoms with Gasteiger partial charge < -0.3 is 15.0 Å². The van der Waals surface area contributed by atoms with Crippen LogP contribution in [0.1, 0.15) is 31.7 Å².